The lowest BCUT2D eigenvalue weighted by Gasteiger charge is -2.17. The van der Waals surface area contributed by atoms with Crippen molar-refractivity contribution < 1.29 is 9.84 Å². The second kappa shape index (κ2) is 6.72. The van der Waals surface area contributed by atoms with Gasteiger partial charge in [0.1, 0.15) is 5.75 Å². The molecule has 0 saturated carbocycles. The van der Waals surface area contributed by atoms with E-state index < -0.39 is 0 Å². The summed E-state index contributed by atoms with van der Waals surface area (Å²) in [6, 6.07) is 3.71. The topological polar surface area (TPSA) is 41.5 Å². The van der Waals surface area contributed by atoms with Gasteiger partial charge in [-0.3, -0.25) is 0 Å². The molecule has 0 aliphatic heterocycles. The van der Waals surface area contributed by atoms with E-state index in [0.29, 0.717) is 11.6 Å². The van der Waals surface area contributed by atoms with Crippen LogP contribution in [0.1, 0.15) is 18.9 Å². The number of aryl methyl sites for hydroxylation is 1. The summed E-state index contributed by atoms with van der Waals surface area (Å²) in [5, 5.41) is 13.1. The second-order valence-electron chi connectivity index (χ2n) is 4.14. The molecule has 4 heteroatoms. The number of benzene rings is 1. The van der Waals surface area contributed by atoms with Crippen molar-refractivity contribution in [3.05, 3.63) is 22.7 Å². The molecule has 96 valence electrons. The summed E-state index contributed by atoms with van der Waals surface area (Å²) in [5.74, 6) is 1.06. The van der Waals surface area contributed by atoms with Gasteiger partial charge in [0.15, 0.2) is 0 Å². The van der Waals surface area contributed by atoms with Gasteiger partial charge in [0.25, 0.3) is 0 Å². The van der Waals surface area contributed by atoms with Gasteiger partial charge in [0, 0.05) is 18.2 Å². The number of rotatable bonds is 6. The third-order valence-corrected chi connectivity index (χ3v) is 3.08. The first kappa shape index (κ1) is 14.1. The molecule has 0 aliphatic rings. The fourth-order valence-electron chi connectivity index (χ4n) is 1.72. The first-order valence-electron chi connectivity index (χ1n) is 5.81. The molecule has 0 spiro atoms. The molecule has 2 N–H and O–H groups in total. The van der Waals surface area contributed by atoms with Gasteiger partial charge < -0.3 is 15.2 Å². The molecule has 0 amide bonds. The molecule has 0 heterocycles. The van der Waals surface area contributed by atoms with Crippen molar-refractivity contribution >= 4 is 17.3 Å². The van der Waals surface area contributed by atoms with Crippen LogP contribution in [0.2, 0.25) is 5.02 Å². The van der Waals surface area contributed by atoms with Gasteiger partial charge in [0.2, 0.25) is 0 Å². The predicted molar refractivity (Wildman–Crippen MR) is 72.1 cm³/mol. The maximum atomic E-state index is 9.14. The monoisotopic (exact) mass is 257 g/mol. The molecule has 0 aliphatic carbocycles. The summed E-state index contributed by atoms with van der Waals surface area (Å²) in [5.41, 5.74) is 1.88. The van der Waals surface area contributed by atoms with Crippen LogP contribution in [0.4, 0.5) is 5.69 Å². The van der Waals surface area contributed by atoms with Crippen molar-refractivity contribution in [2.75, 3.05) is 25.6 Å². The molecule has 1 aromatic carbocycles. The maximum absolute atomic E-state index is 9.14. The fraction of sp³-hybridized carbons (Fsp3) is 0.538. The minimum Gasteiger partial charge on any atom is -0.494 e. The van der Waals surface area contributed by atoms with Crippen LogP contribution in [0.15, 0.2) is 12.1 Å². The summed E-state index contributed by atoms with van der Waals surface area (Å²) >= 11 is 6.02. The van der Waals surface area contributed by atoms with Crippen molar-refractivity contribution in [1.29, 1.82) is 0 Å². The summed E-state index contributed by atoms with van der Waals surface area (Å²) < 4.78 is 5.35. The third kappa shape index (κ3) is 3.79. The van der Waals surface area contributed by atoms with Crippen molar-refractivity contribution in [2.45, 2.75) is 20.3 Å². The molecule has 0 fully saturated rings. The molecule has 1 aromatic rings. The van der Waals surface area contributed by atoms with E-state index in [1.165, 1.54) is 0 Å². The molecule has 1 unspecified atom stereocenters. The van der Waals surface area contributed by atoms with Crippen molar-refractivity contribution in [3.63, 3.8) is 0 Å². The minimum atomic E-state index is 0.186. The minimum absolute atomic E-state index is 0.186. The smallest absolute Gasteiger partial charge is 0.144 e. The molecule has 0 radical (unpaired) electrons. The summed E-state index contributed by atoms with van der Waals surface area (Å²) in [7, 11) is 1.64. The Morgan fingerprint density at radius 2 is 2.18 bits per heavy atom. The van der Waals surface area contributed by atoms with Crippen molar-refractivity contribution in [2.24, 2.45) is 5.92 Å². The van der Waals surface area contributed by atoms with Gasteiger partial charge >= 0.3 is 0 Å². The van der Waals surface area contributed by atoms with E-state index in [0.717, 1.165) is 23.4 Å². The largest absolute Gasteiger partial charge is 0.494 e. The van der Waals surface area contributed by atoms with Crippen LogP contribution < -0.4 is 10.1 Å². The highest BCUT2D eigenvalue weighted by atomic mass is 35.5. The summed E-state index contributed by atoms with van der Waals surface area (Å²) in [4.78, 5) is 0. The zero-order valence-corrected chi connectivity index (χ0v) is 11.3. The normalized spacial score (nSPS) is 12.3. The molecule has 1 rings (SSSR count). The molecular formula is C13H20ClNO2. The van der Waals surface area contributed by atoms with E-state index in [9.17, 15) is 0 Å². The Balaban J connectivity index is 2.82. The average Bonchev–Trinajstić information content (AvgIpc) is 2.29. The van der Waals surface area contributed by atoms with Gasteiger partial charge in [-0.15, -0.1) is 0 Å². The highest BCUT2D eigenvalue weighted by molar-refractivity contribution is 6.31. The highest BCUT2D eigenvalue weighted by Gasteiger charge is 2.10. The molecule has 0 saturated heterocycles. The van der Waals surface area contributed by atoms with Gasteiger partial charge in [-0.2, -0.15) is 0 Å². The lowest BCUT2D eigenvalue weighted by molar-refractivity contribution is 0.230. The van der Waals surface area contributed by atoms with Gasteiger partial charge in [-0.25, -0.2) is 0 Å². The molecule has 0 aromatic heterocycles. The van der Waals surface area contributed by atoms with E-state index in [1.807, 2.05) is 19.1 Å². The van der Waals surface area contributed by atoms with Crippen LogP contribution in [0, 0.1) is 12.8 Å². The average molecular weight is 258 g/mol. The Bertz CT molecular complexity index is 365. The second-order valence-corrected chi connectivity index (χ2v) is 4.58. The van der Waals surface area contributed by atoms with Gasteiger partial charge in [-0.1, -0.05) is 18.5 Å². The number of hydrogen-bond acceptors (Lipinski definition) is 3. The van der Waals surface area contributed by atoms with Crippen LogP contribution in [0.25, 0.3) is 0 Å². The van der Waals surface area contributed by atoms with Gasteiger partial charge in [0.05, 0.1) is 12.8 Å². The predicted octanol–water partition coefficient (Wildman–Crippen LogP) is 3.09. The number of hydrogen-bond donors (Lipinski definition) is 2. The van der Waals surface area contributed by atoms with E-state index in [1.54, 1.807) is 7.11 Å². The molecular weight excluding hydrogens is 238 g/mol. The lowest BCUT2D eigenvalue weighted by atomic mass is 10.1. The van der Waals surface area contributed by atoms with Crippen molar-refractivity contribution in [1.82, 2.24) is 0 Å². The first-order chi connectivity index (χ1) is 8.12. The first-order valence-corrected chi connectivity index (χ1v) is 6.19. The number of methoxy groups -OCH3 is 1. The molecule has 3 nitrogen and oxygen atoms in total. The van der Waals surface area contributed by atoms with Gasteiger partial charge in [-0.05, 0) is 37.0 Å². The molecule has 1 atom stereocenters. The Morgan fingerprint density at radius 3 is 2.71 bits per heavy atom. The Kier molecular flexibility index (Phi) is 5.59. The van der Waals surface area contributed by atoms with E-state index in [2.05, 4.69) is 12.2 Å². The number of aliphatic hydroxyl groups excluding tert-OH is 1. The SMILES string of the molecule is CCC(CO)CNc1cc(Cl)cc(C)c1OC. The van der Waals surface area contributed by atoms with Crippen LogP contribution in [0.3, 0.4) is 0 Å². The number of ether oxygens (including phenoxy) is 1. The van der Waals surface area contributed by atoms with E-state index in [4.69, 9.17) is 21.4 Å². The number of anilines is 1. The zero-order valence-electron chi connectivity index (χ0n) is 10.6. The molecule has 17 heavy (non-hydrogen) atoms. The maximum Gasteiger partial charge on any atom is 0.144 e. The third-order valence-electron chi connectivity index (χ3n) is 2.86. The van der Waals surface area contributed by atoms with Crippen LogP contribution in [0.5, 0.6) is 5.75 Å². The fourth-order valence-corrected chi connectivity index (χ4v) is 2.00. The zero-order chi connectivity index (χ0) is 12.8. The van der Waals surface area contributed by atoms with E-state index in [-0.39, 0.29) is 12.5 Å². The standard InChI is InChI=1S/C13H20ClNO2/c1-4-10(8-16)7-15-12-6-11(14)5-9(2)13(12)17-3/h5-6,10,15-16H,4,7-8H2,1-3H3. The van der Waals surface area contributed by atoms with E-state index >= 15 is 0 Å². The number of aliphatic hydroxyl groups is 1. The summed E-state index contributed by atoms with van der Waals surface area (Å²) in [6.07, 6.45) is 0.936. The van der Waals surface area contributed by atoms with Crippen LogP contribution >= 0.6 is 11.6 Å². The Morgan fingerprint density at radius 1 is 1.47 bits per heavy atom. The van der Waals surface area contributed by atoms with Crippen LogP contribution in [-0.4, -0.2) is 25.4 Å². The number of halogens is 1. The number of nitrogens with one attached hydrogen (secondary N) is 1. The van der Waals surface area contributed by atoms with Crippen molar-refractivity contribution in [3.8, 4) is 5.75 Å². The Hall–Kier alpha value is -0.930. The summed E-state index contributed by atoms with van der Waals surface area (Å²) in [6.45, 7) is 4.91. The quantitative estimate of drug-likeness (QED) is 0.823. The highest BCUT2D eigenvalue weighted by Crippen LogP contribution is 2.32. The lowest BCUT2D eigenvalue weighted by Crippen LogP contribution is -2.17. The van der Waals surface area contributed by atoms with Crippen LogP contribution in [-0.2, 0) is 0 Å². The molecule has 0 bridgehead atoms. The Labute approximate surface area is 108 Å².